The van der Waals surface area contributed by atoms with Gasteiger partial charge in [0.05, 0.1) is 16.7 Å². The highest BCUT2D eigenvalue weighted by molar-refractivity contribution is 6.42. The molecule has 0 aliphatic rings. The lowest BCUT2D eigenvalue weighted by Crippen LogP contribution is -2.47. The SMILES string of the molecule is CCCCNC(=O)[C@@H](C)N(Cc1ccc(Cl)c(Cl)c1)C(=O)CCCOc1ccc(Cl)cc1. The molecule has 2 amide bonds. The summed E-state index contributed by atoms with van der Waals surface area (Å²) in [6.07, 6.45) is 2.64. The number of ether oxygens (including phenoxy) is 1. The summed E-state index contributed by atoms with van der Waals surface area (Å²) < 4.78 is 5.67. The van der Waals surface area contributed by atoms with E-state index in [0.717, 1.165) is 18.4 Å². The van der Waals surface area contributed by atoms with Crippen molar-refractivity contribution in [2.24, 2.45) is 0 Å². The minimum Gasteiger partial charge on any atom is -0.494 e. The van der Waals surface area contributed by atoms with E-state index in [9.17, 15) is 9.59 Å². The van der Waals surface area contributed by atoms with Crippen LogP contribution >= 0.6 is 34.8 Å². The van der Waals surface area contributed by atoms with E-state index >= 15 is 0 Å². The summed E-state index contributed by atoms with van der Waals surface area (Å²) in [6, 6.07) is 11.7. The predicted molar refractivity (Wildman–Crippen MR) is 131 cm³/mol. The fourth-order valence-electron chi connectivity index (χ4n) is 3.04. The van der Waals surface area contributed by atoms with E-state index in [-0.39, 0.29) is 24.8 Å². The first-order chi connectivity index (χ1) is 15.3. The number of carbonyl (C=O) groups excluding carboxylic acids is 2. The van der Waals surface area contributed by atoms with E-state index in [4.69, 9.17) is 39.5 Å². The van der Waals surface area contributed by atoms with Gasteiger partial charge >= 0.3 is 0 Å². The van der Waals surface area contributed by atoms with Crippen LogP contribution in [0.3, 0.4) is 0 Å². The second kappa shape index (κ2) is 13.6. The molecule has 1 N–H and O–H groups in total. The molecule has 0 fully saturated rings. The van der Waals surface area contributed by atoms with Crippen molar-refractivity contribution in [3.63, 3.8) is 0 Å². The second-order valence-electron chi connectivity index (χ2n) is 7.50. The van der Waals surface area contributed by atoms with E-state index in [1.165, 1.54) is 0 Å². The van der Waals surface area contributed by atoms with Gasteiger partial charge in [-0.25, -0.2) is 0 Å². The van der Waals surface area contributed by atoms with Gasteiger partial charge in [-0.3, -0.25) is 9.59 Å². The molecule has 5 nitrogen and oxygen atoms in total. The highest BCUT2D eigenvalue weighted by Crippen LogP contribution is 2.24. The number of nitrogens with zero attached hydrogens (tertiary/aromatic N) is 1. The molecule has 8 heteroatoms. The molecule has 2 aromatic carbocycles. The Morgan fingerprint density at radius 1 is 1.03 bits per heavy atom. The van der Waals surface area contributed by atoms with Gasteiger partial charge in [0.25, 0.3) is 0 Å². The average Bonchev–Trinajstić information content (AvgIpc) is 2.78. The summed E-state index contributed by atoms with van der Waals surface area (Å²) in [4.78, 5) is 27.2. The topological polar surface area (TPSA) is 58.6 Å². The van der Waals surface area contributed by atoms with E-state index < -0.39 is 6.04 Å². The largest absolute Gasteiger partial charge is 0.494 e. The highest BCUT2D eigenvalue weighted by atomic mass is 35.5. The maximum absolute atomic E-state index is 13.0. The minimum absolute atomic E-state index is 0.131. The molecular formula is C24H29Cl3N2O3. The third kappa shape index (κ3) is 8.53. The zero-order chi connectivity index (χ0) is 23.5. The number of halogens is 3. The second-order valence-corrected chi connectivity index (χ2v) is 8.75. The number of hydrogen-bond donors (Lipinski definition) is 1. The number of benzene rings is 2. The molecule has 1 atom stereocenters. The Kier molecular flexibility index (Phi) is 11.1. The molecule has 0 unspecified atom stereocenters. The lowest BCUT2D eigenvalue weighted by Gasteiger charge is -2.29. The van der Waals surface area contributed by atoms with Crippen LogP contribution in [0.1, 0.15) is 45.1 Å². The van der Waals surface area contributed by atoms with E-state index in [2.05, 4.69) is 12.2 Å². The van der Waals surface area contributed by atoms with Crippen molar-refractivity contribution in [1.82, 2.24) is 10.2 Å². The Bertz CT molecular complexity index is 891. The van der Waals surface area contributed by atoms with Crippen LogP contribution in [0.4, 0.5) is 0 Å². The Hall–Kier alpha value is -1.95. The van der Waals surface area contributed by atoms with Crippen molar-refractivity contribution in [2.45, 2.75) is 52.1 Å². The molecule has 0 heterocycles. The van der Waals surface area contributed by atoms with Crippen LogP contribution in [0.25, 0.3) is 0 Å². The number of amides is 2. The van der Waals surface area contributed by atoms with E-state index in [1.54, 1.807) is 54.3 Å². The first kappa shape index (κ1) is 26.3. The molecule has 0 spiro atoms. The standard InChI is InChI=1S/C24H29Cl3N2O3/c1-3-4-13-28-24(31)17(2)29(16-18-7-12-21(26)22(27)15-18)23(30)6-5-14-32-20-10-8-19(25)9-11-20/h7-12,15,17H,3-6,13-14,16H2,1-2H3,(H,28,31)/t17-/m1/s1. The number of nitrogens with one attached hydrogen (secondary N) is 1. The zero-order valence-corrected chi connectivity index (χ0v) is 20.6. The van der Waals surface area contributed by atoms with Gasteiger partial charge in [0.2, 0.25) is 11.8 Å². The molecule has 32 heavy (non-hydrogen) atoms. The maximum atomic E-state index is 13.0. The molecule has 0 saturated heterocycles. The Morgan fingerprint density at radius 3 is 2.41 bits per heavy atom. The molecule has 0 aliphatic carbocycles. The van der Waals surface area contributed by atoms with Crippen LogP contribution < -0.4 is 10.1 Å². The number of carbonyl (C=O) groups is 2. The molecule has 0 aliphatic heterocycles. The van der Waals surface area contributed by atoms with Gasteiger partial charge in [-0.2, -0.15) is 0 Å². The van der Waals surface area contributed by atoms with Crippen LogP contribution in [-0.4, -0.2) is 35.9 Å². The average molecular weight is 500 g/mol. The zero-order valence-electron chi connectivity index (χ0n) is 18.4. The third-order valence-corrected chi connectivity index (χ3v) is 5.94. The Labute approximate surface area is 205 Å². The highest BCUT2D eigenvalue weighted by Gasteiger charge is 2.25. The summed E-state index contributed by atoms with van der Waals surface area (Å²) in [5.74, 6) is 0.386. The molecule has 0 aromatic heterocycles. The van der Waals surface area contributed by atoms with Gasteiger partial charge in [0, 0.05) is 24.5 Å². The van der Waals surface area contributed by atoms with Gasteiger partial charge in [-0.1, -0.05) is 54.2 Å². The number of unbranched alkanes of at least 4 members (excludes halogenated alkanes) is 1. The van der Waals surface area contributed by atoms with Crippen LogP contribution in [0.5, 0.6) is 5.75 Å². The van der Waals surface area contributed by atoms with Crippen LogP contribution in [0, 0.1) is 0 Å². The molecule has 0 bridgehead atoms. The van der Waals surface area contributed by atoms with Crippen LogP contribution in [-0.2, 0) is 16.1 Å². The molecule has 0 radical (unpaired) electrons. The summed E-state index contributed by atoms with van der Waals surface area (Å²) in [5.41, 5.74) is 0.804. The normalized spacial score (nSPS) is 11.7. The fraction of sp³-hybridized carbons (Fsp3) is 0.417. The summed E-state index contributed by atoms with van der Waals surface area (Å²) >= 11 is 18.0. The fourth-order valence-corrected chi connectivity index (χ4v) is 3.49. The van der Waals surface area contributed by atoms with Crippen LogP contribution in [0.15, 0.2) is 42.5 Å². The van der Waals surface area contributed by atoms with Gasteiger partial charge < -0.3 is 15.0 Å². The number of rotatable bonds is 12. The quantitative estimate of drug-likeness (QED) is 0.357. The van der Waals surface area contributed by atoms with Crippen molar-refractivity contribution in [2.75, 3.05) is 13.2 Å². The van der Waals surface area contributed by atoms with Gasteiger partial charge in [0.1, 0.15) is 11.8 Å². The monoisotopic (exact) mass is 498 g/mol. The smallest absolute Gasteiger partial charge is 0.242 e. The summed E-state index contributed by atoms with van der Waals surface area (Å²) in [6.45, 7) is 5.02. The van der Waals surface area contributed by atoms with Crippen molar-refractivity contribution in [1.29, 1.82) is 0 Å². The molecule has 174 valence electrons. The molecule has 2 rings (SSSR count). The summed E-state index contributed by atoms with van der Waals surface area (Å²) in [5, 5.41) is 4.39. The lowest BCUT2D eigenvalue weighted by molar-refractivity contribution is -0.140. The predicted octanol–water partition coefficient (Wildman–Crippen LogP) is 6.14. The van der Waals surface area contributed by atoms with Crippen LogP contribution in [0.2, 0.25) is 15.1 Å². The maximum Gasteiger partial charge on any atom is 0.242 e. The number of hydrogen-bond acceptors (Lipinski definition) is 3. The van der Waals surface area contributed by atoms with Crippen molar-refractivity contribution in [3.8, 4) is 5.75 Å². The van der Waals surface area contributed by atoms with Gasteiger partial charge in [-0.05, 0) is 61.7 Å². The third-order valence-electron chi connectivity index (χ3n) is 4.95. The Morgan fingerprint density at radius 2 is 1.75 bits per heavy atom. The minimum atomic E-state index is -0.619. The lowest BCUT2D eigenvalue weighted by atomic mass is 10.1. The first-order valence-corrected chi connectivity index (χ1v) is 11.8. The van der Waals surface area contributed by atoms with Crippen molar-refractivity contribution < 1.29 is 14.3 Å². The first-order valence-electron chi connectivity index (χ1n) is 10.7. The molecule has 0 saturated carbocycles. The molecular weight excluding hydrogens is 471 g/mol. The van der Waals surface area contributed by atoms with E-state index in [0.29, 0.717) is 40.4 Å². The van der Waals surface area contributed by atoms with Gasteiger partial charge in [-0.15, -0.1) is 0 Å². The summed E-state index contributed by atoms with van der Waals surface area (Å²) in [7, 11) is 0. The van der Waals surface area contributed by atoms with Gasteiger partial charge in [0.15, 0.2) is 0 Å². The van der Waals surface area contributed by atoms with E-state index in [1.807, 2.05) is 0 Å². The Balaban J connectivity index is 2.00. The van der Waals surface area contributed by atoms with Crippen molar-refractivity contribution in [3.05, 3.63) is 63.1 Å². The molecule has 2 aromatic rings. The van der Waals surface area contributed by atoms with Crippen molar-refractivity contribution >= 4 is 46.6 Å².